The molecule has 2 aromatic carbocycles. The van der Waals surface area contributed by atoms with Crippen LogP contribution >= 0.6 is 0 Å². The van der Waals surface area contributed by atoms with Crippen LogP contribution in [-0.4, -0.2) is 7.11 Å². The van der Waals surface area contributed by atoms with Crippen LogP contribution in [0.4, 0.5) is 0 Å². The van der Waals surface area contributed by atoms with E-state index in [0.29, 0.717) is 11.8 Å². The van der Waals surface area contributed by atoms with Gasteiger partial charge in [-0.25, -0.2) is 0 Å². The summed E-state index contributed by atoms with van der Waals surface area (Å²) >= 11 is 0. The maximum Gasteiger partial charge on any atom is 0.122 e. The normalized spacial score (nSPS) is 21.5. The van der Waals surface area contributed by atoms with E-state index < -0.39 is 0 Å². The second kappa shape index (κ2) is 5.31. The third kappa shape index (κ3) is 2.70. The van der Waals surface area contributed by atoms with Crippen molar-refractivity contribution in [2.45, 2.75) is 12.3 Å². The molecule has 19 heavy (non-hydrogen) atoms. The van der Waals surface area contributed by atoms with Crippen LogP contribution in [-0.2, 0) is 0 Å². The van der Waals surface area contributed by atoms with Crippen LogP contribution in [0.3, 0.4) is 0 Å². The third-order valence-corrected chi connectivity index (χ3v) is 3.71. The first-order chi connectivity index (χ1) is 9.38. The summed E-state index contributed by atoms with van der Waals surface area (Å²) in [4.78, 5) is 0. The van der Waals surface area contributed by atoms with Crippen LogP contribution in [0.2, 0.25) is 0 Å². The molecule has 2 aromatic rings. The number of methoxy groups -OCH3 is 1. The van der Waals surface area contributed by atoms with E-state index in [2.05, 4.69) is 48.6 Å². The number of ether oxygens (including phenoxy) is 1. The highest BCUT2D eigenvalue weighted by atomic mass is 16.5. The fourth-order valence-corrected chi connectivity index (χ4v) is 2.56. The summed E-state index contributed by atoms with van der Waals surface area (Å²) < 4.78 is 5.43. The molecule has 1 heteroatoms. The minimum Gasteiger partial charge on any atom is -0.496 e. The van der Waals surface area contributed by atoms with E-state index in [-0.39, 0.29) is 0 Å². The Kier molecular flexibility index (Phi) is 3.37. The first-order valence-electron chi connectivity index (χ1n) is 6.74. The Morgan fingerprint density at radius 2 is 1.74 bits per heavy atom. The van der Waals surface area contributed by atoms with Crippen molar-refractivity contribution in [3.05, 3.63) is 71.8 Å². The minimum atomic E-state index is 0.621. The van der Waals surface area contributed by atoms with Crippen molar-refractivity contribution in [1.82, 2.24) is 0 Å². The number of benzene rings is 2. The molecule has 3 rings (SSSR count). The van der Waals surface area contributed by atoms with Gasteiger partial charge in [0.2, 0.25) is 0 Å². The maximum atomic E-state index is 5.43. The van der Waals surface area contributed by atoms with Crippen LogP contribution in [0.5, 0.6) is 5.75 Å². The summed E-state index contributed by atoms with van der Waals surface area (Å²) in [7, 11) is 1.75. The largest absolute Gasteiger partial charge is 0.496 e. The molecule has 0 spiro atoms. The van der Waals surface area contributed by atoms with Gasteiger partial charge in [-0.1, -0.05) is 60.7 Å². The Morgan fingerprint density at radius 1 is 1.00 bits per heavy atom. The molecule has 96 valence electrons. The van der Waals surface area contributed by atoms with E-state index in [1.807, 2.05) is 18.2 Å². The highest BCUT2D eigenvalue weighted by Gasteiger charge is 2.37. The lowest BCUT2D eigenvalue weighted by Crippen LogP contribution is -1.90. The summed E-state index contributed by atoms with van der Waals surface area (Å²) in [5.41, 5.74) is 2.61. The third-order valence-electron chi connectivity index (χ3n) is 3.71. The molecular weight excluding hydrogens is 232 g/mol. The van der Waals surface area contributed by atoms with Gasteiger partial charge in [-0.15, -0.1) is 0 Å². The lowest BCUT2D eigenvalue weighted by atomic mass is 10.1. The van der Waals surface area contributed by atoms with Crippen molar-refractivity contribution in [2.24, 2.45) is 5.92 Å². The number of rotatable bonds is 4. The number of hydrogen-bond donors (Lipinski definition) is 0. The monoisotopic (exact) mass is 250 g/mol. The van der Waals surface area contributed by atoms with Crippen molar-refractivity contribution >= 4 is 6.08 Å². The van der Waals surface area contributed by atoms with Crippen LogP contribution < -0.4 is 4.74 Å². The van der Waals surface area contributed by atoms with E-state index in [1.165, 1.54) is 17.5 Å². The van der Waals surface area contributed by atoms with Crippen molar-refractivity contribution in [1.29, 1.82) is 0 Å². The summed E-state index contributed by atoms with van der Waals surface area (Å²) in [6.45, 7) is 0. The molecule has 1 fully saturated rings. The van der Waals surface area contributed by atoms with Gasteiger partial charge in [-0.2, -0.15) is 0 Å². The SMILES string of the molecule is COc1ccccc1[C@@H]1C[C@H]1/C=C/c1ccccc1. The van der Waals surface area contributed by atoms with Gasteiger partial charge in [0.1, 0.15) is 5.75 Å². The topological polar surface area (TPSA) is 9.23 Å². The van der Waals surface area contributed by atoms with Crippen molar-refractivity contribution in [2.75, 3.05) is 7.11 Å². The zero-order valence-corrected chi connectivity index (χ0v) is 11.1. The molecule has 1 nitrogen and oxygen atoms in total. The fraction of sp³-hybridized carbons (Fsp3) is 0.222. The van der Waals surface area contributed by atoms with Crippen molar-refractivity contribution in [3.8, 4) is 5.75 Å². The Morgan fingerprint density at radius 3 is 2.53 bits per heavy atom. The summed E-state index contributed by atoms with van der Waals surface area (Å²) in [6.07, 6.45) is 5.77. The van der Waals surface area contributed by atoms with Gasteiger partial charge >= 0.3 is 0 Å². The Hall–Kier alpha value is -2.02. The van der Waals surface area contributed by atoms with E-state index in [4.69, 9.17) is 4.74 Å². The van der Waals surface area contributed by atoms with Gasteiger partial charge in [0.05, 0.1) is 7.11 Å². The first-order valence-corrected chi connectivity index (χ1v) is 6.74. The summed E-state index contributed by atoms with van der Waals surface area (Å²) in [5, 5.41) is 0. The Labute approximate surface area is 114 Å². The van der Waals surface area contributed by atoms with Crippen molar-refractivity contribution < 1.29 is 4.74 Å². The molecule has 1 aliphatic carbocycles. The minimum absolute atomic E-state index is 0.621. The number of allylic oxidation sites excluding steroid dienone is 1. The molecule has 0 unspecified atom stereocenters. The van der Waals surface area contributed by atoms with Gasteiger partial charge in [-0.05, 0) is 35.4 Å². The van der Waals surface area contributed by atoms with Gasteiger partial charge in [0.25, 0.3) is 0 Å². The van der Waals surface area contributed by atoms with E-state index in [0.717, 1.165) is 5.75 Å². The van der Waals surface area contributed by atoms with Crippen LogP contribution in [0.15, 0.2) is 60.7 Å². The lowest BCUT2D eigenvalue weighted by Gasteiger charge is -2.06. The molecule has 1 saturated carbocycles. The standard InChI is InChI=1S/C18H18O/c1-19-18-10-6-5-9-16(18)17-13-15(17)12-11-14-7-3-2-4-8-14/h2-12,15,17H,13H2,1H3/b12-11+/t15-,17-/m1/s1. The lowest BCUT2D eigenvalue weighted by molar-refractivity contribution is 0.409. The first kappa shape index (κ1) is 12.0. The zero-order valence-electron chi connectivity index (χ0n) is 11.1. The zero-order chi connectivity index (χ0) is 13.1. The average molecular weight is 250 g/mol. The quantitative estimate of drug-likeness (QED) is 0.775. The van der Waals surface area contributed by atoms with E-state index >= 15 is 0 Å². The van der Waals surface area contributed by atoms with Crippen LogP contribution in [0.25, 0.3) is 6.08 Å². The van der Waals surface area contributed by atoms with Gasteiger partial charge in [-0.3, -0.25) is 0 Å². The van der Waals surface area contributed by atoms with E-state index in [9.17, 15) is 0 Å². The molecule has 0 aromatic heterocycles. The predicted molar refractivity (Wildman–Crippen MR) is 79.3 cm³/mol. The fourth-order valence-electron chi connectivity index (χ4n) is 2.56. The second-order valence-corrected chi connectivity index (χ2v) is 5.02. The van der Waals surface area contributed by atoms with Gasteiger partial charge < -0.3 is 4.74 Å². The number of hydrogen-bond acceptors (Lipinski definition) is 1. The molecule has 0 N–H and O–H groups in total. The summed E-state index contributed by atoms with van der Waals surface area (Å²) in [5.74, 6) is 2.29. The molecule has 2 atom stereocenters. The number of para-hydroxylation sites is 1. The van der Waals surface area contributed by atoms with Gasteiger partial charge in [0, 0.05) is 0 Å². The van der Waals surface area contributed by atoms with Gasteiger partial charge in [0.15, 0.2) is 0 Å². The predicted octanol–water partition coefficient (Wildman–Crippen LogP) is 4.51. The molecule has 0 saturated heterocycles. The Bertz CT molecular complexity index is 571. The molecule has 0 amide bonds. The van der Waals surface area contributed by atoms with E-state index in [1.54, 1.807) is 7.11 Å². The highest BCUT2D eigenvalue weighted by molar-refractivity contribution is 5.51. The molecule has 0 radical (unpaired) electrons. The molecule has 1 aliphatic rings. The Balaban J connectivity index is 1.70. The van der Waals surface area contributed by atoms with Crippen molar-refractivity contribution in [3.63, 3.8) is 0 Å². The second-order valence-electron chi connectivity index (χ2n) is 5.02. The highest BCUT2D eigenvalue weighted by Crippen LogP contribution is 2.51. The van der Waals surface area contributed by atoms with Crippen LogP contribution in [0, 0.1) is 5.92 Å². The molecule has 0 bridgehead atoms. The average Bonchev–Trinajstić information content (AvgIpc) is 3.25. The van der Waals surface area contributed by atoms with Crippen LogP contribution in [0.1, 0.15) is 23.5 Å². The maximum absolute atomic E-state index is 5.43. The molecular formula is C18H18O. The molecule has 0 heterocycles. The smallest absolute Gasteiger partial charge is 0.122 e. The molecule has 0 aliphatic heterocycles. The summed E-state index contributed by atoms with van der Waals surface area (Å²) in [6, 6.07) is 18.8.